The second-order valence-corrected chi connectivity index (χ2v) is 5.43. The lowest BCUT2D eigenvalue weighted by atomic mass is 10.1. The number of benzene rings is 2. The molecule has 0 saturated carbocycles. The third-order valence-electron chi connectivity index (χ3n) is 3.68. The summed E-state index contributed by atoms with van der Waals surface area (Å²) in [4.78, 5) is 7.60. The summed E-state index contributed by atoms with van der Waals surface area (Å²) in [5, 5.41) is 3.39. The van der Waals surface area contributed by atoms with Gasteiger partial charge in [0.2, 0.25) is 0 Å². The van der Waals surface area contributed by atoms with Crippen molar-refractivity contribution in [2.24, 2.45) is 0 Å². The van der Waals surface area contributed by atoms with Crippen LogP contribution < -0.4 is 5.32 Å². The molecule has 1 heterocycles. The lowest BCUT2D eigenvalue weighted by Crippen LogP contribution is -2.07. The molecule has 2 N–H and O–H groups in total. The van der Waals surface area contributed by atoms with Gasteiger partial charge in [-0.25, -0.2) is 9.37 Å². The van der Waals surface area contributed by atoms with E-state index in [2.05, 4.69) is 15.3 Å². The van der Waals surface area contributed by atoms with Gasteiger partial charge in [0, 0.05) is 11.7 Å². The van der Waals surface area contributed by atoms with Gasteiger partial charge in [-0.15, -0.1) is 0 Å². The monoisotopic (exact) mass is 283 g/mol. The SMILES string of the molecule is Cc1nc2ccc(NC(C)c3ccc(C)c(F)c3)cc2[nH]1. The van der Waals surface area contributed by atoms with E-state index in [4.69, 9.17) is 0 Å². The van der Waals surface area contributed by atoms with Gasteiger partial charge in [-0.2, -0.15) is 0 Å². The zero-order valence-corrected chi connectivity index (χ0v) is 12.4. The van der Waals surface area contributed by atoms with Crippen molar-refractivity contribution in [2.45, 2.75) is 26.8 Å². The van der Waals surface area contributed by atoms with E-state index in [1.54, 1.807) is 13.0 Å². The summed E-state index contributed by atoms with van der Waals surface area (Å²) in [5.74, 6) is 0.733. The van der Waals surface area contributed by atoms with Crippen molar-refractivity contribution >= 4 is 16.7 Å². The van der Waals surface area contributed by atoms with Gasteiger partial charge in [0.05, 0.1) is 11.0 Å². The van der Waals surface area contributed by atoms with Gasteiger partial charge in [0.25, 0.3) is 0 Å². The molecule has 21 heavy (non-hydrogen) atoms. The van der Waals surface area contributed by atoms with Crippen LogP contribution in [0.4, 0.5) is 10.1 Å². The van der Waals surface area contributed by atoms with Crippen LogP contribution in [0.15, 0.2) is 36.4 Å². The van der Waals surface area contributed by atoms with Crippen molar-refractivity contribution in [3.63, 3.8) is 0 Å². The van der Waals surface area contributed by atoms with Crippen LogP contribution in [0.2, 0.25) is 0 Å². The van der Waals surface area contributed by atoms with Gasteiger partial charge < -0.3 is 10.3 Å². The third kappa shape index (κ3) is 2.75. The van der Waals surface area contributed by atoms with Crippen LogP contribution >= 0.6 is 0 Å². The fraction of sp³-hybridized carbons (Fsp3) is 0.235. The quantitative estimate of drug-likeness (QED) is 0.743. The summed E-state index contributed by atoms with van der Waals surface area (Å²) < 4.78 is 13.6. The van der Waals surface area contributed by atoms with Crippen molar-refractivity contribution in [3.8, 4) is 0 Å². The topological polar surface area (TPSA) is 40.7 Å². The Morgan fingerprint density at radius 3 is 2.71 bits per heavy atom. The molecule has 0 radical (unpaired) electrons. The molecular formula is C17H18FN3. The summed E-state index contributed by atoms with van der Waals surface area (Å²) in [7, 11) is 0. The highest BCUT2D eigenvalue weighted by atomic mass is 19.1. The molecule has 0 aliphatic heterocycles. The number of rotatable bonds is 3. The van der Waals surface area contributed by atoms with Crippen molar-refractivity contribution in [1.29, 1.82) is 0 Å². The second-order valence-electron chi connectivity index (χ2n) is 5.43. The Morgan fingerprint density at radius 1 is 1.14 bits per heavy atom. The van der Waals surface area contributed by atoms with Crippen molar-refractivity contribution in [3.05, 3.63) is 59.2 Å². The lowest BCUT2D eigenvalue weighted by molar-refractivity contribution is 0.614. The molecule has 1 atom stereocenters. The van der Waals surface area contributed by atoms with Crippen molar-refractivity contribution in [1.82, 2.24) is 9.97 Å². The molecule has 0 spiro atoms. The molecule has 3 aromatic rings. The summed E-state index contributed by atoms with van der Waals surface area (Å²) in [6, 6.07) is 11.4. The fourth-order valence-electron chi connectivity index (χ4n) is 2.44. The molecule has 1 aromatic heterocycles. The van der Waals surface area contributed by atoms with E-state index in [1.807, 2.05) is 44.2 Å². The Bertz CT molecular complexity index is 792. The highest BCUT2D eigenvalue weighted by Crippen LogP contribution is 2.23. The predicted octanol–water partition coefficient (Wildman–Crippen LogP) is 4.49. The van der Waals surface area contributed by atoms with E-state index in [-0.39, 0.29) is 11.9 Å². The molecule has 0 fully saturated rings. The Morgan fingerprint density at radius 2 is 1.95 bits per heavy atom. The van der Waals surface area contributed by atoms with Crippen LogP contribution in [-0.2, 0) is 0 Å². The summed E-state index contributed by atoms with van der Waals surface area (Å²) >= 11 is 0. The molecule has 0 amide bonds. The second kappa shape index (κ2) is 5.20. The molecule has 2 aromatic carbocycles. The number of fused-ring (bicyclic) bond motifs is 1. The molecule has 0 saturated heterocycles. The number of hydrogen-bond acceptors (Lipinski definition) is 2. The highest BCUT2D eigenvalue weighted by Gasteiger charge is 2.09. The number of hydrogen-bond donors (Lipinski definition) is 2. The number of nitrogens with zero attached hydrogens (tertiary/aromatic N) is 1. The van der Waals surface area contributed by atoms with E-state index in [9.17, 15) is 4.39 Å². The normalized spacial score (nSPS) is 12.6. The molecule has 0 bridgehead atoms. The predicted molar refractivity (Wildman–Crippen MR) is 84.0 cm³/mol. The number of anilines is 1. The average molecular weight is 283 g/mol. The molecule has 3 rings (SSSR count). The van der Waals surface area contributed by atoms with Gasteiger partial charge in [-0.3, -0.25) is 0 Å². The fourth-order valence-corrected chi connectivity index (χ4v) is 2.44. The molecule has 108 valence electrons. The number of nitrogens with one attached hydrogen (secondary N) is 2. The average Bonchev–Trinajstić information content (AvgIpc) is 2.81. The Labute approximate surface area is 123 Å². The number of imidazole rings is 1. The maximum atomic E-state index is 13.6. The van der Waals surface area contributed by atoms with Crippen LogP contribution in [-0.4, -0.2) is 9.97 Å². The zero-order chi connectivity index (χ0) is 15.0. The number of aromatic nitrogens is 2. The van der Waals surface area contributed by atoms with Gasteiger partial charge in [0.15, 0.2) is 0 Å². The molecule has 0 aliphatic carbocycles. The first-order chi connectivity index (χ1) is 10.0. The van der Waals surface area contributed by atoms with E-state index in [0.29, 0.717) is 5.56 Å². The van der Waals surface area contributed by atoms with Crippen molar-refractivity contribution < 1.29 is 4.39 Å². The first-order valence-corrected chi connectivity index (χ1v) is 7.02. The minimum atomic E-state index is -0.166. The van der Waals surface area contributed by atoms with E-state index in [0.717, 1.165) is 28.1 Å². The van der Waals surface area contributed by atoms with Gasteiger partial charge in [-0.05, 0) is 56.2 Å². The lowest BCUT2D eigenvalue weighted by Gasteiger charge is -2.16. The summed E-state index contributed by atoms with van der Waals surface area (Å²) in [6.07, 6.45) is 0. The van der Waals surface area contributed by atoms with Crippen molar-refractivity contribution in [2.75, 3.05) is 5.32 Å². The van der Waals surface area contributed by atoms with Crippen LogP contribution in [0.1, 0.15) is 29.9 Å². The summed E-state index contributed by atoms with van der Waals surface area (Å²) in [6.45, 7) is 5.73. The number of halogens is 1. The van der Waals surface area contributed by atoms with Crippen LogP contribution in [0.25, 0.3) is 11.0 Å². The summed E-state index contributed by atoms with van der Waals surface area (Å²) in [5.41, 5.74) is 4.53. The zero-order valence-electron chi connectivity index (χ0n) is 12.4. The Balaban J connectivity index is 1.84. The highest BCUT2D eigenvalue weighted by molar-refractivity contribution is 5.79. The molecule has 3 nitrogen and oxygen atoms in total. The van der Waals surface area contributed by atoms with E-state index >= 15 is 0 Å². The molecule has 1 unspecified atom stereocenters. The van der Waals surface area contributed by atoms with E-state index < -0.39 is 0 Å². The largest absolute Gasteiger partial charge is 0.378 e. The maximum absolute atomic E-state index is 13.6. The van der Waals surface area contributed by atoms with Gasteiger partial charge in [-0.1, -0.05) is 12.1 Å². The first kappa shape index (κ1) is 13.6. The number of H-pyrrole nitrogens is 1. The van der Waals surface area contributed by atoms with Gasteiger partial charge in [0.1, 0.15) is 11.6 Å². The molecular weight excluding hydrogens is 265 g/mol. The van der Waals surface area contributed by atoms with Crippen LogP contribution in [0, 0.1) is 19.7 Å². The number of aromatic amines is 1. The minimum Gasteiger partial charge on any atom is -0.378 e. The third-order valence-corrected chi connectivity index (χ3v) is 3.68. The number of aryl methyl sites for hydroxylation is 2. The maximum Gasteiger partial charge on any atom is 0.126 e. The van der Waals surface area contributed by atoms with E-state index in [1.165, 1.54) is 0 Å². The van der Waals surface area contributed by atoms with Crippen LogP contribution in [0.3, 0.4) is 0 Å². The van der Waals surface area contributed by atoms with Gasteiger partial charge >= 0.3 is 0 Å². The standard InChI is InChI=1S/C17H18FN3/c1-10-4-5-13(8-15(10)18)11(2)19-14-6-7-16-17(9-14)21-12(3)20-16/h4-9,11,19H,1-3H3,(H,20,21). The minimum absolute atomic E-state index is 0.0292. The molecule has 4 heteroatoms. The van der Waals surface area contributed by atoms with Crippen LogP contribution in [0.5, 0.6) is 0 Å². The first-order valence-electron chi connectivity index (χ1n) is 7.02. The smallest absolute Gasteiger partial charge is 0.126 e. The Hall–Kier alpha value is -2.36. The Kier molecular flexibility index (Phi) is 3.37. The molecule has 0 aliphatic rings.